The Morgan fingerprint density at radius 2 is 1.78 bits per heavy atom. The van der Waals surface area contributed by atoms with Crippen molar-refractivity contribution < 1.29 is 19.0 Å². The van der Waals surface area contributed by atoms with Crippen molar-refractivity contribution in [3.05, 3.63) is 53.6 Å². The maximum absolute atomic E-state index is 12.6. The highest BCUT2D eigenvalue weighted by molar-refractivity contribution is 5.77. The van der Waals surface area contributed by atoms with Gasteiger partial charge in [-0.25, -0.2) is 0 Å². The number of fused-ring (bicyclic) bond motifs is 1. The number of rotatable bonds is 6. The van der Waals surface area contributed by atoms with Gasteiger partial charge in [0.15, 0.2) is 0 Å². The molecule has 1 atom stereocenters. The quantitative estimate of drug-likeness (QED) is 0.834. The van der Waals surface area contributed by atoms with Gasteiger partial charge in [-0.3, -0.25) is 4.79 Å². The summed E-state index contributed by atoms with van der Waals surface area (Å²) >= 11 is 0. The fourth-order valence-electron chi connectivity index (χ4n) is 3.40. The molecule has 1 unspecified atom stereocenters. The van der Waals surface area contributed by atoms with Gasteiger partial charge in [0, 0.05) is 24.5 Å². The zero-order valence-corrected chi connectivity index (χ0v) is 16.4. The number of carbonyl (C=O) groups is 1. The third-order valence-electron chi connectivity index (χ3n) is 4.81. The molecule has 0 aromatic heterocycles. The molecule has 27 heavy (non-hydrogen) atoms. The highest BCUT2D eigenvalue weighted by atomic mass is 16.5. The van der Waals surface area contributed by atoms with Crippen LogP contribution in [0.15, 0.2) is 42.5 Å². The molecular formula is C22H27NO4. The van der Waals surface area contributed by atoms with Crippen LogP contribution in [0.25, 0.3) is 0 Å². The van der Waals surface area contributed by atoms with E-state index in [-0.39, 0.29) is 17.6 Å². The monoisotopic (exact) mass is 369 g/mol. The van der Waals surface area contributed by atoms with Gasteiger partial charge >= 0.3 is 0 Å². The van der Waals surface area contributed by atoms with Gasteiger partial charge in [-0.15, -0.1) is 0 Å². The molecular weight excluding hydrogens is 342 g/mol. The molecule has 0 spiro atoms. The van der Waals surface area contributed by atoms with E-state index in [9.17, 15) is 4.79 Å². The maximum Gasteiger partial charge on any atom is 0.220 e. The van der Waals surface area contributed by atoms with Crippen molar-refractivity contribution in [3.8, 4) is 17.2 Å². The van der Waals surface area contributed by atoms with Crippen LogP contribution in [0.3, 0.4) is 0 Å². The lowest BCUT2D eigenvalue weighted by atomic mass is 9.89. The molecule has 1 amide bonds. The van der Waals surface area contributed by atoms with E-state index in [2.05, 4.69) is 5.32 Å². The Bertz CT molecular complexity index is 798. The van der Waals surface area contributed by atoms with Gasteiger partial charge in [0.05, 0.1) is 20.3 Å². The first kappa shape index (κ1) is 19.1. The summed E-state index contributed by atoms with van der Waals surface area (Å²) in [6, 6.07) is 13.5. The number of ether oxygens (including phenoxy) is 3. The van der Waals surface area contributed by atoms with E-state index in [4.69, 9.17) is 14.2 Å². The first-order valence-corrected chi connectivity index (χ1v) is 9.19. The predicted octanol–water partition coefficient (Wildman–Crippen LogP) is 4.06. The average Bonchev–Trinajstić information content (AvgIpc) is 2.65. The Hall–Kier alpha value is -2.69. The molecule has 2 aromatic carbocycles. The number of hydrogen-bond acceptors (Lipinski definition) is 4. The topological polar surface area (TPSA) is 56.8 Å². The first-order chi connectivity index (χ1) is 12.9. The zero-order valence-electron chi connectivity index (χ0n) is 16.4. The Labute approximate surface area is 160 Å². The fourth-order valence-corrected chi connectivity index (χ4v) is 3.40. The van der Waals surface area contributed by atoms with Crippen molar-refractivity contribution in [2.45, 2.75) is 44.8 Å². The van der Waals surface area contributed by atoms with E-state index in [0.717, 1.165) is 34.8 Å². The van der Waals surface area contributed by atoms with Gasteiger partial charge in [-0.1, -0.05) is 12.1 Å². The lowest BCUT2D eigenvalue weighted by Gasteiger charge is -2.38. The Kier molecular flexibility index (Phi) is 5.59. The molecule has 1 aliphatic heterocycles. The van der Waals surface area contributed by atoms with Crippen LogP contribution in [-0.2, 0) is 11.2 Å². The van der Waals surface area contributed by atoms with E-state index in [1.807, 2.05) is 56.3 Å². The Morgan fingerprint density at radius 1 is 1.11 bits per heavy atom. The van der Waals surface area contributed by atoms with Gasteiger partial charge in [-0.05, 0) is 50.1 Å². The van der Waals surface area contributed by atoms with E-state index >= 15 is 0 Å². The van der Waals surface area contributed by atoms with Crippen LogP contribution in [0.2, 0.25) is 0 Å². The highest BCUT2D eigenvalue weighted by Crippen LogP contribution is 2.41. The number of benzene rings is 2. The Morgan fingerprint density at radius 3 is 2.44 bits per heavy atom. The molecule has 0 radical (unpaired) electrons. The molecule has 5 nitrogen and oxygen atoms in total. The summed E-state index contributed by atoms with van der Waals surface area (Å²) in [4.78, 5) is 12.6. The number of nitrogens with one attached hydrogen (secondary N) is 1. The van der Waals surface area contributed by atoms with Crippen molar-refractivity contribution in [1.82, 2.24) is 5.32 Å². The van der Waals surface area contributed by atoms with Gasteiger partial charge < -0.3 is 19.5 Å². The molecule has 1 aliphatic rings. The van der Waals surface area contributed by atoms with Crippen LogP contribution >= 0.6 is 0 Å². The molecule has 0 saturated carbocycles. The van der Waals surface area contributed by atoms with E-state index in [0.29, 0.717) is 12.8 Å². The van der Waals surface area contributed by atoms with Crippen molar-refractivity contribution >= 4 is 5.91 Å². The third-order valence-corrected chi connectivity index (χ3v) is 4.81. The van der Waals surface area contributed by atoms with Crippen LogP contribution < -0.4 is 19.5 Å². The molecule has 144 valence electrons. The van der Waals surface area contributed by atoms with Gasteiger partial charge in [0.2, 0.25) is 5.91 Å². The van der Waals surface area contributed by atoms with Gasteiger partial charge in [-0.2, -0.15) is 0 Å². The highest BCUT2D eigenvalue weighted by Gasteiger charge is 2.34. The Balaban J connectivity index is 1.66. The second-order valence-electron chi connectivity index (χ2n) is 7.44. The number of carbonyl (C=O) groups excluding carboxylic acids is 1. The zero-order chi connectivity index (χ0) is 19.4. The lowest BCUT2D eigenvalue weighted by molar-refractivity contribution is -0.122. The largest absolute Gasteiger partial charge is 0.497 e. The SMILES string of the molecule is COc1ccc(CCC(=O)NC2CC(C)(C)Oc3cc(OC)ccc32)cc1. The number of amides is 1. The normalized spacial score (nSPS) is 17.4. The molecule has 3 rings (SSSR count). The molecule has 2 aromatic rings. The molecule has 1 heterocycles. The fraction of sp³-hybridized carbons (Fsp3) is 0.409. The van der Waals surface area contributed by atoms with Crippen LogP contribution in [-0.4, -0.2) is 25.7 Å². The van der Waals surface area contributed by atoms with Crippen molar-refractivity contribution in [2.75, 3.05) is 14.2 Å². The molecule has 5 heteroatoms. The number of methoxy groups -OCH3 is 2. The molecule has 1 N–H and O–H groups in total. The smallest absolute Gasteiger partial charge is 0.220 e. The standard InChI is InChI=1S/C22H27NO4/c1-22(2)14-19(18-11-10-17(26-4)13-20(18)27-22)23-21(24)12-7-15-5-8-16(25-3)9-6-15/h5-6,8-11,13,19H,7,12,14H2,1-4H3,(H,23,24). The second kappa shape index (κ2) is 7.91. The van der Waals surface area contributed by atoms with Crippen LogP contribution in [0, 0.1) is 0 Å². The van der Waals surface area contributed by atoms with Gasteiger partial charge in [0.25, 0.3) is 0 Å². The molecule has 0 fully saturated rings. The minimum absolute atomic E-state index is 0.0373. The molecule has 0 aliphatic carbocycles. The third kappa shape index (κ3) is 4.73. The second-order valence-corrected chi connectivity index (χ2v) is 7.44. The van der Waals surface area contributed by atoms with E-state index in [1.165, 1.54) is 0 Å². The van der Waals surface area contributed by atoms with E-state index in [1.54, 1.807) is 14.2 Å². The van der Waals surface area contributed by atoms with Crippen molar-refractivity contribution in [1.29, 1.82) is 0 Å². The predicted molar refractivity (Wildman–Crippen MR) is 105 cm³/mol. The van der Waals surface area contributed by atoms with Gasteiger partial charge in [0.1, 0.15) is 22.8 Å². The van der Waals surface area contributed by atoms with Crippen molar-refractivity contribution in [3.63, 3.8) is 0 Å². The number of aryl methyl sites for hydroxylation is 1. The summed E-state index contributed by atoms with van der Waals surface area (Å²) in [5, 5.41) is 3.18. The van der Waals surface area contributed by atoms with Crippen LogP contribution in [0.5, 0.6) is 17.2 Å². The van der Waals surface area contributed by atoms with E-state index < -0.39 is 0 Å². The summed E-state index contributed by atoms with van der Waals surface area (Å²) < 4.78 is 16.5. The first-order valence-electron chi connectivity index (χ1n) is 9.19. The summed E-state index contributed by atoms with van der Waals surface area (Å²) in [6.07, 6.45) is 1.86. The molecule has 0 bridgehead atoms. The number of hydrogen-bond donors (Lipinski definition) is 1. The van der Waals surface area contributed by atoms with Crippen LogP contribution in [0.4, 0.5) is 0 Å². The molecule has 0 saturated heterocycles. The maximum atomic E-state index is 12.6. The minimum atomic E-state index is -0.354. The summed E-state index contributed by atoms with van der Waals surface area (Å²) in [5.41, 5.74) is 1.75. The summed E-state index contributed by atoms with van der Waals surface area (Å²) in [7, 11) is 3.28. The average molecular weight is 369 g/mol. The minimum Gasteiger partial charge on any atom is -0.497 e. The summed E-state index contributed by atoms with van der Waals surface area (Å²) in [5.74, 6) is 2.37. The summed E-state index contributed by atoms with van der Waals surface area (Å²) in [6.45, 7) is 4.07. The van der Waals surface area contributed by atoms with Crippen molar-refractivity contribution in [2.24, 2.45) is 0 Å². The lowest BCUT2D eigenvalue weighted by Crippen LogP contribution is -2.41. The van der Waals surface area contributed by atoms with Crippen LogP contribution in [0.1, 0.15) is 43.9 Å².